The summed E-state index contributed by atoms with van der Waals surface area (Å²) >= 11 is 0. The Labute approximate surface area is 180 Å². The Bertz CT molecular complexity index is 675. The van der Waals surface area contributed by atoms with Gasteiger partial charge in [-0.2, -0.15) is 0 Å². The third kappa shape index (κ3) is 5.70. The number of rotatable bonds is 8. The van der Waals surface area contributed by atoms with Gasteiger partial charge >= 0.3 is 6.09 Å². The van der Waals surface area contributed by atoms with E-state index in [0.29, 0.717) is 6.54 Å². The molecule has 9 heteroatoms. The van der Waals surface area contributed by atoms with Gasteiger partial charge in [-0.3, -0.25) is 9.59 Å². The number of nitrogens with zero attached hydrogens (tertiary/aromatic N) is 1. The molecule has 1 N–H and O–H groups in total. The number of morpholine rings is 1. The van der Waals surface area contributed by atoms with Gasteiger partial charge in [-0.15, -0.1) is 0 Å². The molecule has 4 atom stereocenters. The summed E-state index contributed by atoms with van der Waals surface area (Å²) in [6.07, 6.45) is 0.178. The summed E-state index contributed by atoms with van der Waals surface area (Å²) in [6, 6.07) is -0.281. The molecule has 2 rings (SSSR count). The van der Waals surface area contributed by atoms with Crippen LogP contribution in [0.3, 0.4) is 0 Å². The van der Waals surface area contributed by atoms with E-state index in [1.165, 1.54) is 11.0 Å². The normalized spacial score (nSPS) is 25.7. The topological polar surface area (TPSA) is 94.2 Å². The Morgan fingerprint density at radius 1 is 1.40 bits per heavy atom. The largest absolute Gasteiger partial charge is 0.445 e. The maximum absolute atomic E-state index is 12.8. The molecule has 2 aliphatic rings. The Hall–Kier alpha value is -1.71. The van der Waals surface area contributed by atoms with Crippen molar-refractivity contribution in [2.45, 2.75) is 70.5 Å². The van der Waals surface area contributed by atoms with Gasteiger partial charge in [0.1, 0.15) is 12.7 Å². The second-order valence-corrected chi connectivity index (χ2v) is 14.3. The highest BCUT2D eigenvalue weighted by molar-refractivity contribution is 6.74. The van der Waals surface area contributed by atoms with Gasteiger partial charge in [-0.05, 0) is 25.1 Å². The molecular formula is C21H36N2O6Si. The van der Waals surface area contributed by atoms with E-state index in [-0.39, 0.29) is 61.0 Å². The number of nitrogens with one attached hydrogen (secondary N) is 1. The van der Waals surface area contributed by atoms with E-state index in [2.05, 4.69) is 45.8 Å². The van der Waals surface area contributed by atoms with Crippen LogP contribution < -0.4 is 5.32 Å². The Balaban J connectivity index is 1.93. The first kappa shape index (κ1) is 24.6. The number of Topliss-reactive ketones (excluding diaryl/α,β-unsaturated/α-hetero) is 1. The van der Waals surface area contributed by atoms with E-state index in [0.717, 1.165) is 0 Å². The van der Waals surface area contributed by atoms with Crippen LogP contribution in [0.5, 0.6) is 0 Å². The molecule has 8 nitrogen and oxygen atoms in total. The molecule has 0 aromatic carbocycles. The summed E-state index contributed by atoms with van der Waals surface area (Å²) < 4.78 is 17.0. The SMILES string of the molecule is C=CCOC(=O)N1CCOC(C(=O)C[C@H]2NC(=O)[C@@H]2[C@@H](C)O[Si](C)(C)C(C)(C)C)C1. The zero-order valence-corrected chi connectivity index (χ0v) is 20.0. The van der Waals surface area contributed by atoms with Gasteiger partial charge in [0.2, 0.25) is 5.91 Å². The van der Waals surface area contributed by atoms with Crippen LogP contribution in [0, 0.1) is 5.92 Å². The van der Waals surface area contributed by atoms with Gasteiger partial charge < -0.3 is 24.1 Å². The van der Waals surface area contributed by atoms with Crippen LogP contribution in [-0.2, 0) is 23.5 Å². The lowest BCUT2D eigenvalue weighted by Crippen LogP contribution is -2.64. The van der Waals surface area contributed by atoms with Crippen LogP contribution in [0.4, 0.5) is 4.79 Å². The maximum atomic E-state index is 12.8. The van der Waals surface area contributed by atoms with Crippen LogP contribution >= 0.6 is 0 Å². The highest BCUT2D eigenvalue weighted by atomic mass is 28.4. The van der Waals surface area contributed by atoms with Crippen molar-refractivity contribution in [3.8, 4) is 0 Å². The number of carbonyl (C=O) groups is 3. The molecule has 30 heavy (non-hydrogen) atoms. The van der Waals surface area contributed by atoms with E-state index < -0.39 is 20.5 Å². The monoisotopic (exact) mass is 440 g/mol. The third-order valence-corrected chi connectivity index (χ3v) is 10.9. The molecule has 0 aromatic heterocycles. The van der Waals surface area contributed by atoms with Crippen molar-refractivity contribution in [2.24, 2.45) is 5.92 Å². The number of ketones is 1. The maximum Gasteiger partial charge on any atom is 0.410 e. The van der Waals surface area contributed by atoms with Crippen molar-refractivity contribution >= 4 is 26.1 Å². The average molecular weight is 441 g/mol. The summed E-state index contributed by atoms with van der Waals surface area (Å²) in [7, 11) is -2.03. The fourth-order valence-corrected chi connectivity index (χ4v) is 4.90. The highest BCUT2D eigenvalue weighted by Gasteiger charge is 2.48. The zero-order chi connectivity index (χ0) is 22.7. The summed E-state index contributed by atoms with van der Waals surface area (Å²) in [5, 5.41) is 2.87. The zero-order valence-electron chi connectivity index (χ0n) is 19.0. The van der Waals surface area contributed by atoms with E-state index >= 15 is 0 Å². The van der Waals surface area contributed by atoms with Crippen molar-refractivity contribution in [3.63, 3.8) is 0 Å². The summed E-state index contributed by atoms with van der Waals surface area (Å²) in [4.78, 5) is 38.5. The fraction of sp³-hybridized carbons (Fsp3) is 0.762. The molecular weight excluding hydrogens is 404 g/mol. The van der Waals surface area contributed by atoms with Crippen molar-refractivity contribution in [1.82, 2.24) is 10.2 Å². The fourth-order valence-electron chi connectivity index (χ4n) is 3.47. The molecule has 170 valence electrons. The van der Waals surface area contributed by atoms with Crippen molar-refractivity contribution in [1.29, 1.82) is 0 Å². The van der Waals surface area contributed by atoms with Crippen LogP contribution in [0.25, 0.3) is 0 Å². The van der Waals surface area contributed by atoms with Crippen LogP contribution in [0.1, 0.15) is 34.1 Å². The van der Waals surface area contributed by atoms with Crippen LogP contribution in [0.15, 0.2) is 12.7 Å². The molecule has 2 amide bonds. The van der Waals surface area contributed by atoms with Crippen molar-refractivity contribution in [3.05, 3.63) is 12.7 Å². The first-order valence-corrected chi connectivity index (χ1v) is 13.4. The van der Waals surface area contributed by atoms with Gasteiger partial charge in [0.25, 0.3) is 0 Å². The molecule has 0 aliphatic carbocycles. The van der Waals surface area contributed by atoms with E-state index in [1.54, 1.807) is 0 Å². The van der Waals surface area contributed by atoms with E-state index in [9.17, 15) is 14.4 Å². The number of ether oxygens (including phenoxy) is 2. The molecule has 1 unspecified atom stereocenters. The minimum atomic E-state index is -2.03. The van der Waals surface area contributed by atoms with Crippen LogP contribution in [-0.4, -0.2) is 75.6 Å². The summed E-state index contributed by atoms with van der Waals surface area (Å²) in [5.74, 6) is -0.579. The highest BCUT2D eigenvalue weighted by Crippen LogP contribution is 2.39. The Morgan fingerprint density at radius 2 is 2.07 bits per heavy atom. The van der Waals surface area contributed by atoms with Crippen molar-refractivity contribution < 1.29 is 28.3 Å². The third-order valence-electron chi connectivity index (χ3n) is 6.29. The second kappa shape index (κ2) is 9.61. The lowest BCUT2D eigenvalue weighted by Gasteiger charge is -2.45. The molecule has 2 saturated heterocycles. The molecule has 0 bridgehead atoms. The first-order valence-electron chi connectivity index (χ1n) is 10.5. The van der Waals surface area contributed by atoms with Crippen LogP contribution in [0.2, 0.25) is 18.1 Å². The molecule has 0 aromatic rings. The van der Waals surface area contributed by atoms with E-state index in [4.69, 9.17) is 13.9 Å². The predicted octanol–water partition coefficient (Wildman–Crippen LogP) is 2.49. The first-order chi connectivity index (χ1) is 13.9. The molecule has 0 spiro atoms. The number of amides is 2. The Morgan fingerprint density at radius 3 is 2.63 bits per heavy atom. The molecule has 0 radical (unpaired) electrons. The lowest BCUT2D eigenvalue weighted by atomic mass is 9.82. The summed E-state index contributed by atoms with van der Waals surface area (Å²) in [5.41, 5.74) is 0. The molecule has 2 fully saturated rings. The average Bonchev–Trinajstić information content (AvgIpc) is 2.63. The van der Waals surface area contributed by atoms with Gasteiger partial charge in [0, 0.05) is 19.0 Å². The number of hydrogen-bond acceptors (Lipinski definition) is 6. The van der Waals surface area contributed by atoms with E-state index in [1.807, 2.05) is 6.92 Å². The van der Waals surface area contributed by atoms with Gasteiger partial charge in [0.05, 0.1) is 25.2 Å². The van der Waals surface area contributed by atoms with Gasteiger partial charge in [-0.1, -0.05) is 33.4 Å². The standard InChI is InChI=1S/C21H36N2O6Si/c1-8-10-28-20(26)23-9-11-27-17(13-23)16(24)12-15-18(19(25)22-15)14(2)29-30(6,7)21(3,4)5/h8,14-15,17-18H,1,9-13H2,2-7H3,(H,22,25)/t14-,15-,17?,18-/m1/s1. The minimum absolute atomic E-state index is 0.0341. The molecule has 2 aliphatic heterocycles. The number of carbonyl (C=O) groups excluding carboxylic acids is 3. The predicted molar refractivity (Wildman–Crippen MR) is 116 cm³/mol. The number of hydrogen-bond donors (Lipinski definition) is 1. The van der Waals surface area contributed by atoms with Gasteiger partial charge in [-0.25, -0.2) is 4.79 Å². The lowest BCUT2D eigenvalue weighted by molar-refractivity contribution is -0.144. The van der Waals surface area contributed by atoms with Gasteiger partial charge in [0.15, 0.2) is 14.1 Å². The minimum Gasteiger partial charge on any atom is -0.445 e. The molecule has 0 saturated carbocycles. The quantitative estimate of drug-likeness (QED) is 0.354. The summed E-state index contributed by atoms with van der Waals surface area (Å²) in [6.45, 7) is 17.1. The molecule has 2 heterocycles. The number of β-lactam (4-membered cyclic amide) rings is 1. The smallest absolute Gasteiger partial charge is 0.410 e. The van der Waals surface area contributed by atoms with Crippen molar-refractivity contribution in [2.75, 3.05) is 26.3 Å². The Kier molecular flexibility index (Phi) is 7.87. The second-order valence-electron chi connectivity index (χ2n) is 9.57.